The summed E-state index contributed by atoms with van der Waals surface area (Å²) in [6, 6.07) is 6.78. The van der Waals surface area contributed by atoms with Gasteiger partial charge in [-0.1, -0.05) is 24.7 Å². The van der Waals surface area contributed by atoms with Crippen LogP contribution in [0.2, 0.25) is 0 Å². The average molecular weight is 272 g/mol. The quantitative estimate of drug-likeness (QED) is 0.855. The lowest BCUT2D eigenvalue weighted by molar-refractivity contribution is 0.237. The Hall–Kier alpha value is -1.50. The van der Waals surface area contributed by atoms with Gasteiger partial charge in [0.1, 0.15) is 5.75 Å². The topological polar surface area (TPSA) is 38.5 Å². The first kappa shape index (κ1) is 14.9. The van der Waals surface area contributed by atoms with Crippen molar-refractivity contribution >= 4 is 0 Å². The predicted molar refractivity (Wildman–Crippen MR) is 82.6 cm³/mol. The van der Waals surface area contributed by atoms with Gasteiger partial charge in [-0.2, -0.15) is 0 Å². The number of methoxy groups -OCH3 is 1. The van der Waals surface area contributed by atoms with Crippen LogP contribution in [0.15, 0.2) is 18.2 Å². The van der Waals surface area contributed by atoms with Gasteiger partial charge < -0.3 is 10.5 Å². The van der Waals surface area contributed by atoms with Crippen molar-refractivity contribution in [1.29, 1.82) is 0 Å². The van der Waals surface area contributed by atoms with E-state index in [2.05, 4.69) is 29.9 Å². The van der Waals surface area contributed by atoms with E-state index < -0.39 is 0 Å². The first-order valence-corrected chi connectivity index (χ1v) is 7.30. The molecule has 1 saturated carbocycles. The molecule has 0 saturated heterocycles. The van der Waals surface area contributed by atoms with E-state index in [0.29, 0.717) is 12.6 Å². The molecular weight excluding hydrogens is 248 g/mol. The maximum atomic E-state index is 5.47. The van der Waals surface area contributed by atoms with E-state index in [-0.39, 0.29) is 0 Å². The van der Waals surface area contributed by atoms with Crippen LogP contribution < -0.4 is 10.5 Å². The Labute approximate surface area is 122 Å². The van der Waals surface area contributed by atoms with E-state index in [9.17, 15) is 0 Å². The van der Waals surface area contributed by atoms with Gasteiger partial charge in [0.15, 0.2) is 0 Å². The number of benzene rings is 1. The lowest BCUT2D eigenvalue weighted by Gasteiger charge is -2.24. The van der Waals surface area contributed by atoms with Crippen LogP contribution in [-0.2, 0) is 6.54 Å². The molecule has 0 bridgehead atoms. The summed E-state index contributed by atoms with van der Waals surface area (Å²) in [5.41, 5.74) is 7.75. The summed E-state index contributed by atoms with van der Waals surface area (Å²) in [6.45, 7) is 1.31. The molecule has 3 nitrogen and oxygen atoms in total. The second-order valence-electron chi connectivity index (χ2n) is 5.38. The second-order valence-corrected chi connectivity index (χ2v) is 5.38. The van der Waals surface area contributed by atoms with Crippen molar-refractivity contribution in [3.05, 3.63) is 29.3 Å². The van der Waals surface area contributed by atoms with Crippen molar-refractivity contribution in [2.75, 3.05) is 20.7 Å². The Balaban J connectivity index is 2.18. The van der Waals surface area contributed by atoms with Gasteiger partial charge in [-0.05, 0) is 43.7 Å². The van der Waals surface area contributed by atoms with Crippen LogP contribution in [0.25, 0.3) is 0 Å². The molecular formula is C17H24N2O. The Kier molecular flexibility index (Phi) is 5.46. The summed E-state index contributed by atoms with van der Waals surface area (Å²) in [6.07, 6.45) is 5.33. The van der Waals surface area contributed by atoms with E-state index in [1.54, 1.807) is 7.11 Å². The zero-order valence-electron chi connectivity index (χ0n) is 12.5. The molecule has 108 valence electrons. The normalized spacial score (nSPS) is 15.2. The van der Waals surface area contributed by atoms with Gasteiger partial charge in [0.05, 0.1) is 13.7 Å². The number of nitrogens with two attached hydrogens (primary N) is 1. The van der Waals surface area contributed by atoms with Crippen LogP contribution in [0.1, 0.15) is 36.8 Å². The number of ether oxygens (including phenoxy) is 1. The molecule has 1 aromatic carbocycles. The highest BCUT2D eigenvalue weighted by Crippen LogP contribution is 2.25. The highest BCUT2D eigenvalue weighted by atomic mass is 16.5. The smallest absolute Gasteiger partial charge is 0.119 e. The summed E-state index contributed by atoms with van der Waals surface area (Å²) in [5, 5.41) is 0. The number of hydrogen-bond donors (Lipinski definition) is 1. The molecule has 0 heterocycles. The fraction of sp³-hybridized carbons (Fsp3) is 0.529. The third-order valence-electron chi connectivity index (χ3n) is 4.01. The van der Waals surface area contributed by atoms with Crippen molar-refractivity contribution in [2.45, 2.75) is 38.3 Å². The molecule has 2 rings (SSSR count). The molecule has 3 heteroatoms. The first-order chi connectivity index (χ1) is 9.74. The van der Waals surface area contributed by atoms with Gasteiger partial charge >= 0.3 is 0 Å². The minimum absolute atomic E-state index is 0.393. The standard InChI is InChI=1S/C17H24N2O/c1-19(16-7-3-4-8-16)13-15-12-17(20-2)10-9-14(15)6-5-11-18/h9-10,12,16H,3-4,7-8,11,13,18H2,1-2H3. The van der Waals surface area contributed by atoms with E-state index in [1.165, 1.54) is 31.2 Å². The molecule has 1 aliphatic rings. The van der Waals surface area contributed by atoms with Gasteiger partial charge in [0.2, 0.25) is 0 Å². The lowest BCUT2D eigenvalue weighted by atomic mass is 10.1. The van der Waals surface area contributed by atoms with E-state index >= 15 is 0 Å². The second kappa shape index (κ2) is 7.33. The molecule has 0 amide bonds. The third kappa shape index (κ3) is 3.75. The van der Waals surface area contributed by atoms with Crippen molar-refractivity contribution < 1.29 is 4.74 Å². The number of rotatable bonds is 4. The third-order valence-corrected chi connectivity index (χ3v) is 4.01. The fourth-order valence-corrected chi connectivity index (χ4v) is 2.84. The molecule has 0 atom stereocenters. The van der Waals surface area contributed by atoms with Crippen molar-refractivity contribution in [1.82, 2.24) is 4.90 Å². The largest absolute Gasteiger partial charge is 0.497 e. The molecule has 0 spiro atoms. The van der Waals surface area contributed by atoms with Crippen LogP contribution in [0.4, 0.5) is 0 Å². The summed E-state index contributed by atoms with van der Waals surface area (Å²) in [4.78, 5) is 2.44. The lowest BCUT2D eigenvalue weighted by Crippen LogP contribution is -2.28. The fourth-order valence-electron chi connectivity index (χ4n) is 2.84. The van der Waals surface area contributed by atoms with Gasteiger partial charge in [0.25, 0.3) is 0 Å². The van der Waals surface area contributed by atoms with Crippen LogP contribution in [0.3, 0.4) is 0 Å². The Morgan fingerprint density at radius 2 is 2.10 bits per heavy atom. The monoisotopic (exact) mass is 272 g/mol. The maximum Gasteiger partial charge on any atom is 0.119 e. The van der Waals surface area contributed by atoms with Crippen molar-refractivity contribution in [2.24, 2.45) is 5.73 Å². The highest BCUT2D eigenvalue weighted by Gasteiger charge is 2.20. The maximum absolute atomic E-state index is 5.47. The van der Waals surface area contributed by atoms with E-state index in [0.717, 1.165) is 17.9 Å². The number of nitrogens with zero attached hydrogens (tertiary/aromatic N) is 1. The minimum atomic E-state index is 0.393. The van der Waals surface area contributed by atoms with Gasteiger partial charge in [0, 0.05) is 18.2 Å². The summed E-state index contributed by atoms with van der Waals surface area (Å²) >= 11 is 0. The molecule has 2 N–H and O–H groups in total. The molecule has 1 aliphatic carbocycles. The zero-order chi connectivity index (χ0) is 14.4. The van der Waals surface area contributed by atoms with Crippen molar-refractivity contribution in [3.8, 4) is 17.6 Å². The Bertz CT molecular complexity index is 495. The zero-order valence-corrected chi connectivity index (χ0v) is 12.5. The van der Waals surface area contributed by atoms with Crippen LogP contribution in [-0.4, -0.2) is 31.6 Å². The predicted octanol–water partition coefficient (Wildman–Crippen LogP) is 2.38. The van der Waals surface area contributed by atoms with Gasteiger partial charge in [-0.3, -0.25) is 4.90 Å². The molecule has 0 aromatic heterocycles. The SMILES string of the molecule is COc1ccc(C#CCN)c(CN(C)C2CCCC2)c1. The minimum Gasteiger partial charge on any atom is -0.497 e. The van der Waals surface area contributed by atoms with Gasteiger partial charge in [-0.25, -0.2) is 0 Å². The Morgan fingerprint density at radius 3 is 2.75 bits per heavy atom. The first-order valence-electron chi connectivity index (χ1n) is 7.30. The summed E-state index contributed by atoms with van der Waals surface area (Å²) < 4.78 is 5.33. The highest BCUT2D eigenvalue weighted by molar-refractivity contribution is 5.45. The van der Waals surface area contributed by atoms with Crippen LogP contribution in [0.5, 0.6) is 5.75 Å². The summed E-state index contributed by atoms with van der Waals surface area (Å²) in [5.74, 6) is 6.99. The Morgan fingerprint density at radius 1 is 1.35 bits per heavy atom. The molecule has 0 radical (unpaired) electrons. The molecule has 1 aromatic rings. The number of hydrogen-bond acceptors (Lipinski definition) is 3. The van der Waals surface area contributed by atoms with Gasteiger partial charge in [-0.15, -0.1) is 0 Å². The van der Waals surface area contributed by atoms with E-state index in [1.807, 2.05) is 12.1 Å². The molecule has 20 heavy (non-hydrogen) atoms. The van der Waals surface area contributed by atoms with Crippen LogP contribution >= 0.6 is 0 Å². The molecule has 1 fully saturated rings. The van der Waals surface area contributed by atoms with E-state index in [4.69, 9.17) is 10.5 Å². The average Bonchev–Trinajstić information content (AvgIpc) is 3.00. The summed E-state index contributed by atoms with van der Waals surface area (Å²) in [7, 11) is 3.90. The van der Waals surface area contributed by atoms with Crippen molar-refractivity contribution in [3.63, 3.8) is 0 Å². The molecule has 0 unspecified atom stereocenters. The molecule has 0 aliphatic heterocycles. The van der Waals surface area contributed by atoms with Crippen LogP contribution in [0, 0.1) is 11.8 Å².